The topological polar surface area (TPSA) is 28.6 Å². The van der Waals surface area contributed by atoms with Crippen molar-refractivity contribution in [1.82, 2.24) is 9.88 Å². The van der Waals surface area contributed by atoms with E-state index in [9.17, 15) is 0 Å². The predicted molar refractivity (Wildman–Crippen MR) is 86.2 cm³/mol. The van der Waals surface area contributed by atoms with Gasteiger partial charge in [0.25, 0.3) is 0 Å². The molecule has 0 spiro atoms. The zero-order valence-electron chi connectivity index (χ0n) is 13.9. The molecule has 21 heavy (non-hydrogen) atoms. The van der Waals surface area contributed by atoms with Gasteiger partial charge in [-0.15, -0.1) is 0 Å². The van der Waals surface area contributed by atoms with Gasteiger partial charge in [0.15, 0.2) is 0 Å². The average molecular weight is 289 g/mol. The molecule has 1 fully saturated rings. The Balaban J connectivity index is 1.97. The third-order valence-corrected chi connectivity index (χ3v) is 4.92. The number of hydrogen-bond acceptors (Lipinski definition) is 4. The molecule has 1 saturated heterocycles. The largest absolute Gasteiger partial charge is 0.384 e. The molecule has 1 aromatic rings. The maximum Gasteiger partial charge on any atom is 0.132 e. The normalized spacial score (nSPS) is 26.6. The molecule has 3 rings (SSSR count). The second kappa shape index (κ2) is 5.58. The number of pyridine rings is 1. The van der Waals surface area contributed by atoms with E-state index in [1.165, 1.54) is 22.6 Å². The lowest BCUT2D eigenvalue weighted by Gasteiger charge is -2.42. The Morgan fingerprint density at radius 1 is 1.43 bits per heavy atom. The first-order valence-electron chi connectivity index (χ1n) is 7.97. The minimum atomic E-state index is 0.348. The summed E-state index contributed by atoms with van der Waals surface area (Å²) in [5, 5.41) is 0. The van der Waals surface area contributed by atoms with Crippen LogP contribution in [0.1, 0.15) is 36.6 Å². The maximum absolute atomic E-state index is 5.30. The SMILES string of the molecule is COCC(C)c1cc(C)c2c(n1)N1C(C)CN(C)CC1C2. The van der Waals surface area contributed by atoms with Gasteiger partial charge in [0.1, 0.15) is 5.82 Å². The molecule has 0 radical (unpaired) electrons. The van der Waals surface area contributed by atoms with Gasteiger partial charge in [0.2, 0.25) is 0 Å². The van der Waals surface area contributed by atoms with Crippen LogP contribution in [-0.2, 0) is 11.2 Å². The van der Waals surface area contributed by atoms with Gasteiger partial charge >= 0.3 is 0 Å². The van der Waals surface area contributed by atoms with Gasteiger partial charge in [-0.3, -0.25) is 0 Å². The molecule has 3 heterocycles. The summed E-state index contributed by atoms with van der Waals surface area (Å²) >= 11 is 0. The molecule has 1 aromatic heterocycles. The maximum atomic E-state index is 5.30. The molecule has 0 N–H and O–H groups in total. The van der Waals surface area contributed by atoms with Crippen LogP contribution in [0.25, 0.3) is 0 Å². The fourth-order valence-corrected chi connectivity index (χ4v) is 3.96. The van der Waals surface area contributed by atoms with E-state index in [0.717, 1.165) is 26.1 Å². The van der Waals surface area contributed by atoms with Crippen molar-refractivity contribution in [2.45, 2.75) is 45.2 Å². The van der Waals surface area contributed by atoms with Gasteiger partial charge in [-0.05, 0) is 44.5 Å². The van der Waals surface area contributed by atoms with E-state index in [-0.39, 0.29) is 0 Å². The summed E-state index contributed by atoms with van der Waals surface area (Å²) in [6.07, 6.45) is 1.14. The van der Waals surface area contributed by atoms with Crippen molar-refractivity contribution in [2.24, 2.45) is 0 Å². The molecule has 0 bridgehead atoms. The quantitative estimate of drug-likeness (QED) is 0.853. The number of anilines is 1. The number of hydrogen-bond donors (Lipinski definition) is 0. The van der Waals surface area contributed by atoms with E-state index in [0.29, 0.717) is 18.0 Å². The first kappa shape index (κ1) is 14.8. The first-order valence-corrected chi connectivity index (χ1v) is 7.97. The number of rotatable bonds is 3. The Morgan fingerprint density at radius 3 is 2.90 bits per heavy atom. The fourth-order valence-electron chi connectivity index (χ4n) is 3.96. The second-order valence-electron chi connectivity index (χ2n) is 6.86. The lowest BCUT2D eigenvalue weighted by molar-refractivity contribution is 0.183. The van der Waals surface area contributed by atoms with E-state index in [1.807, 2.05) is 0 Å². The van der Waals surface area contributed by atoms with E-state index in [1.54, 1.807) is 7.11 Å². The molecule has 0 aliphatic carbocycles. The van der Waals surface area contributed by atoms with Gasteiger partial charge in [0.05, 0.1) is 6.61 Å². The lowest BCUT2D eigenvalue weighted by atomic mass is 10.0. The van der Waals surface area contributed by atoms with Crippen molar-refractivity contribution in [1.29, 1.82) is 0 Å². The summed E-state index contributed by atoms with van der Waals surface area (Å²) < 4.78 is 5.30. The number of piperazine rings is 1. The highest BCUT2D eigenvalue weighted by Gasteiger charge is 2.39. The number of fused-ring (bicyclic) bond motifs is 3. The highest BCUT2D eigenvalue weighted by molar-refractivity contribution is 5.59. The van der Waals surface area contributed by atoms with Crippen LogP contribution in [-0.4, -0.2) is 55.8 Å². The van der Waals surface area contributed by atoms with Gasteiger partial charge in [-0.25, -0.2) is 4.98 Å². The van der Waals surface area contributed by atoms with Crippen molar-refractivity contribution >= 4 is 5.82 Å². The second-order valence-corrected chi connectivity index (χ2v) is 6.86. The molecule has 2 aliphatic rings. The van der Waals surface area contributed by atoms with Crippen molar-refractivity contribution in [3.05, 3.63) is 22.9 Å². The number of likely N-dealkylation sites (N-methyl/N-ethyl adjacent to an activating group) is 1. The van der Waals surface area contributed by atoms with Gasteiger partial charge in [-0.2, -0.15) is 0 Å². The zero-order valence-corrected chi connectivity index (χ0v) is 13.9. The Morgan fingerprint density at radius 2 is 2.19 bits per heavy atom. The highest BCUT2D eigenvalue weighted by atomic mass is 16.5. The van der Waals surface area contributed by atoms with Crippen LogP contribution < -0.4 is 4.90 Å². The molecule has 2 aliphatic heterocycles. The Bertz CT molecular complexity index is 531. The Kier molecular flexibility index (Phi) is 3.93. The van der Waals surface area contributed by atoms with Crippen molar-refractivity contribution in [3.63, 3.8) is 0 Å². The standard InChI is InChI=1S/C17H27N3O/c1-11-6-16(12(2)10-21-5)18-17-15(11)7-14-9-19(4)8-13(3)20(14)17/h6,12-14H,7-10H2,1-5H3. The van der Waals surface area contributed by atoms with Crippen molar-refractivity contribution < 1.29 is 4.74 Å². The summed E-state index contributed by atoms with van der Waals surface area (Å²) in [5.74, 6) is 1.58. The van der Waals surface area contributed by atoms with E-state index in [4.69, 9.17) is 9.72 Å². The molecule has 0 amide bonds. The van der Waals surface area contributed by atoms with E-state index in [2.05, 4.69) is 43.7 Å². The molecule has 3 atom stereocenters. The minimum absolute atomic E-state index is 0.348. The summed E-state index contributed by atoms with van der Waals surface area (Å²) in [6.45, 7) is 9.73. The number of aromatic nitrogens is 1. The van der Waals surface area contributed by atoms with Crippen LogP contribution in [0.4, 0.5) is 5.82 Å². The monoisotopic (exact) mass is 289 g/mol. The smallest absolute Gasteiger partial charge is 0.132 e. The highest BCUT2D eigenvalue weighted by Crippen LogP contribution is 2.37. The van der Waals surface area contributed by atoms with E-state index < -0.39 is 0 Å². The van der Waals surface area contributed by atoms with Gasteiger partial charge in [0, 0.05) is 43.9 Å². The summed E-state index contributed by atoms with van der Waals surface area (Å²) in [5.41, 5.74) is 4.01. The number of methoxy groups -OCH3 is 1. The summed E-state index contributed by atoms with van der Waals surface area (Å²) in [6, 6.07) is 3.39. The number of aryl methyl sites for hydroxylation is 1. The number of ether oxygens (including phenoxy) is 1. The van der Waals surface area contributed by atoms with Crippen molar-refractivity contribution in [3.8, 4) is 0 Å². The lowest BCUT2D eigenvalue weighted by Crippen LogP contribution is -2.55. The third kappa shape index (κ3) is 2.55. The van der Waals surface area contributed by atoms with Crippen molar-refractivity contribution in [2.75, 3.05) is 38.8 Å². The molecular formula is C17H27N3O. The Hall–Kier alpha value is -1.13. The molecule has 4 nitrogen and oxygen atoms in total. The van der Waals surface area contributed by atoms with Crippen LogP contribution in [0, 0.1) is 6.92 Å². The molecule has 0 saturated carbocycles. The van der Waals surface area contributed by atoms with Crippen LogP contribution in [0.15, 0.2) is 6.07 Å². The predicted octanol–water partition coefficient (Wildman–Crippen LogP) is 2.20. The average Bonchev–Trinajstić information content (AvgIpc) is 2.77. The van der Waals surface area contributed by atoms with E-state index >= 15 is 0 Å². The summed E-state index contributed by atoms with van der Waals surface area (Å²) in [7, 11) is 3.98. The van der Waals surface area contributed by atoms with Crippen LogP contribution >= 0.6 is 0 Å². The zero-order chi connectivity index (χ0) is 15.1. The molecule has 0 aromatic carbocycles. The van der Waals surface area contributed by atoms with Crippen LogP contribution in [0.2, 0.25) is 0 Å². The molecular weight excluding hydrogens is 262 g/mol. The third-order valence-electron chi connectivity index (χ3n) is 4.92. The minimum Gasteiger partial charge on any atom is -0.384 e. The van der Waals surface area contributed by atoms with Crippen LogP contribution in [0.5, 0.6) is 0 Å². The Labute approximate surface area is 128 Å². The first-order chi connectivity index (χ1) is 10.0. The van der Waals surface area contributed by atoms with Crippen LogP contribution in [0.3, 0.4) is 0 Å². The van der Waals surface area contributed by atoms with Gasteiger partial charge < -0.3 is 14.5 Å². The molecule has 4 heteroatoms. The van der Waals surface area contributed by atoms with Gasteiger partial charge in [-0.1, -0.05) is 6.92 Å². The number of nitrogens with zero attached hydrogens (tertiary/aromatic N) is 3. The fraction of sp³-hybridized carbons (Fsp3) is 0.706. The molecule has 116 valence electrons. The molecule has 3 unspecified atom stereocenters. The summed E-state index contributed by atoms with van der Waals surface area (Å²) in [4.78, 5) is 10.0.